The fraction of sp³-hybridized carbons (Fsp3) is 0.727. The Bertz CT molecular complexity index is 194. The summed E-state index contributed by atoms with van der Waals surface area (Å²) in [4.78, 5) is 0. The second-order valence-corrected chi connectivity index (χ2v) is 3.58. The van der Waals surface area contributed by atoms with Crippen molar-refractivity contribution in [3.05, 3.63) is 11.8 Å². The van der Waals surface area contributed by atoms with Gasteiger partial charge in [0.2, 0.25) is 0 Å². The Balaban J connectivity index is 2.33. The molecule has 2 nitrogen and oxygen atoms in total. The molecule has 1 heterocycles. The molecule has 0 aliphatic carbocycles. The molecule has 1 N–H and O–H groups in total. The van der Waals surface area contributed by atoms with Crippen LogP contribution in [-0.2, 0) is 0 Å². The van der Waals surface area contributed by atoms with Crippen LogP contribution < -0.4 is 5.43 Å². The highest BCUT2D eigenvalue weighted by molar-refractivity contribution is 5.65. The van der Waals surface area contributed by atoms with Crippen molar-refractivity contribution in [3.8, 4) is 0 Å². The summed E-state index contributed by atoms with van der Waals surface area (Å²) in [5.41, 5.74) is 4.41. The van der Waals surface area contributed by atoms with Crippen molar-refractivity contribution in [3.63, 3.8) is 0 Å². The van der Waals surface area contributed by atoms with Gasteiger partial charge in [-0.1, -0.05) is 33.1 Å². The second-order valence-electron chi connectivity index (χ2n) is 3.58. The Kier molecular flexibility index (Phi) is 4.58. The summed E-state index contributed by atoms with van der Waals surface area (Å²) in [5, 5.41) is 4.08. The quantitative estimate of drug-likeness (QED) is 0.646. The van der Waals surface area contributed by atoms with Gasteiger partial charge in [0.1, 0.15) is 0 Å². The van der Waals surface area contributed by atoms with Crippen LogP contribution in [0.3, 0.4) is 0 Å². The first-order valence-corrected chi connectivity index (χ1v) is 5.36. The van der Waals surface area contributed by atoms with Gasteiger partial charge in [0, 0.05) is 18.3 Å². The summed E-state index contributed by atoms with van der Waals surface area (Å²) in [6.07, 6.45) is 10.5. The van der Waals surface area contributed by atoms with Gasteiger partial charge in [-0.2, -0.15) is 5.10 Å². The van der Waals surface area contributed by atoms with E-state index in [0.29, 0.717) is 5.92 Å². The molecule has 0 bridgehead atoms. The average molecular weight is 180 g/mol. The zero-order valence-corrected chi connectivity index (χ0v) is 8.71. The summed E-state index contributed by atoms with van der Waals surface area (Å²) in [6, 6.07) is 0. The molecule has 0 radical (unpaired) electrons. The molecule has 2 heteroatoms. The number of unbranched alkanes of at least 4 members (excludes halogenated alkanes) is 2. The number of rotatable bonds is 5. The number of hydrogen-bond donors (Lipinski definition) is 1. The molecular weight excluding hydrogens is 160 g/mol. The minimum Gasteiger partial charge on any atom is -0.286 e. The zero-order chi connectivity index (χ0) is 9.52. The van der Waals surface area contributed by atoms with E-state index >= 15 is 0 Å². The topological polar surface area (TPSA) is 24.4 Å². The molecule has 0 aromatic carbocycles. The summed E-state index contributed by atoms with van der Waals surface area (Å²) < 4.78 is 0. The molecule has 0 aromatic heterocycles. The van der Waals surface area contributed by atoms with Gasteiger partial charge in [-0.25, -0.2) is 0 Å². The zero-order valence-electron chi connectivity index (χ0n) is 8.71. The maximum atomic E-state index is 4.08. The normalized spacial score (nSPS) is 21.1. The smallest absolute Gasteiger partial charge is 0.0318 e. The number of allylic oxidation sites excluding steroid dienone is 1. The van der Waals surface area contributed by atoms with Crippen LogP contribution in [-0.4, -0.2) is 6.21 Å². The highest BCUT2D eigenvalue weighted by Crippen LogP contribution is 2.20. The molecule has 1 aliphatic rings. The van der Waals surface area contributed by atoms with E-state index in [1.165, 1.54) is 31.3 Å². The fourth-order valence-electron chi connectivity index (χ4n) is 1.69. The van der Waals surface area contributed by atoms with Crippen molar-refractivity contribution >= 4 is 6.21 Å². The molecule has 74 valence electrons. The lowest BCUT2D eigenvalue weighted by Crippen LogP contribution is -2.15. The number of hydrogen-bond acceptors (Lipinski definition) is 2. The lowest BCUT2D eigenvalue weighted by atomic mass is 9.92. The van der Waals surface area contributed by atoms with Crippen LogP contribution in [0.15, 0.2) is 16.9 Å². The molecular formula is C11H20N2. The summed E-state index contributed by atoms with van der Waals surface area (Å²) in [7, 11) is 0. The van der Waals surface area contributed by atoms with Crippen molar-refractivity contribution in [2.24, 2.45) is 11.0 Å². The predicted octanol–water partition coefficient (Wildman–Crippen LogP) is 3.07. The SMILES string of the molecule is CCCCCC1C=NNC=C1CC. The van der Waals surface area contributed by atoms with Gasteiger partial charge in [-0.05, 0) is 18.4 Å². The van der Waals surface area contributed by atoms with Crippen LogP contribution in [0.4, 0.5) is 0 Å². The van der Waals surface area contributed by atoms with E-state index in [2.05, 4.69) is 36.8 Å². The first-order valence-electron chi connectivity index (χ1n) is 5.36. The minimum atomic E-state index is 0.595. The maximum Gasteiger partial charge on any atom is 0.0318 e. The molecule has 0 aromatic rings. The van der Waals surface area contributed by atoms with Crippen molar-refractivity contribution in [2.75, 3.05) is 0 Å². The van der Waals surface area contributed by atoms with E-state index in [9.17, 15) is 0 Å². The predicted molar refractivity (Wildman–Crippen MR) is 57.6 cm³/mol. The van der Waals surface area contributed by atoms with Gasteiger partial charge in [-0.15, -0.1) is 0 Å². The molecule has 0 fully saturated rings. The third kappa shape index (κ3) is 3.21. The second kappa shape index (κ2) is 5.79. The monoisotopic (exact) mass is 180 g/mol. The average Bonchev–Trinajstić information content (AvgIpc) is 2.19. The first kappa shape index (κ1) is 10.3. The Morgan fingerprint density at radius 3 is 2.92 bits per heavy atom. The van der Waals surface area contributed by atoms with Gasteiger partial charge in [0.05, 0.1) is 0 Å². The minimum absolute atomic E-state index is 0.595. The molecule has 0 spiro atoms. The molecule has 13 heavy (non-hydrogen) atoms. The van der Waals surface area contributed by atoms with E-state index in [0.717, 1.165) is 6.42 Å². The van der Waals surface area contributed by atoms with Crippen LogP contribution in [0.1, 0.15) is 46.0 Å². The molecule has 0 amide bonds. The van der Waals surface area contributed by atoms with Gasteiger partial charge >= 0.3 is 0 Å². The third-order valence-electron chi connectivity index (χ3n) is 2.58. The van der Waals surface area contributed by atoms with Crippen LogP contribution >= 0.6 is 0 Å². The van der Waals surface area contributed by atoms with Crippen LogP contribution in [0.25, 0.3) is 0 Å². The molecule has 1 unspecified atom stereocenters. The van der Waals surface area contributed by atoms with Crippen LogP contribution in [0, 0.1) is 5.92 Å². The Labute approximate surface area is 81.1 Å². The van der Waals surface area contributed by atoms with Gasteiger partial charge in [-0.3, -0.25) is 5.43 Å². The van der Waals surface area contributed by atoms with Gasteiger partial charge in [0.25, 0.3) is 0 Å². The van der Waals surface area contributed by atoms with Gasteiger partial charge in [0.15, 0.2) is 0 Å². The number of nitrogens with zero attached hydrogens (tertiary/aromatic N) is 1. The van der Waals surface area contributed by atoms with Crippen LogP contribution in [0.5, 0.6) is 0 Å². The van der Waals surface area contributed by atoms with Crippen molar-refractivity contribution in [2.45, 2.75) is 46.0 Å². The fourth-order valence-corrected chi connectivity index (χ4v) is 1.69. The first-order chi connectivity index (χ1) is 6.38. The van der Waals surface area contributed by atoms with E-state index in [1.807, 2.05) is 0 Å². The van der Waals surface area contributed by atoms with Crippen molar-refractivity contribution in [1.82, 2.24) is 5.43 Å². The lowest BCUT2D eigenvalue weighted by molar-refractivity contribution is 0.595. The number of hydrazone groups is 1. The molecule has 0 saturated carbocycles. The number of nitrogens with one attached hydrogen (secondary N) is 1. The van der Waals surface area contributed by atoms with Crippen molar-refractivity contribution < 1.29 is 0 Å². The summed E-state index contributed by atoms with van der Waals surface area (Å²) >= 11 is 0. The Morgan fingerprint density at radius 2 is 2.23 bits per heavy atom. The Morgan fingerprint density at radius 1 is 1.38 bits per heavy atom. The highest BCUT2D eigenvalue weighted by Gasteiger charge is 2.12. The summed E-state index contributed by atoms with van der Waals surface area (Å²) in [6.45, 7) is 4.45. The van der Waals surface area contributed by atoms with E-state index < -0.39 is 0 Å². The summed E-state index contributed by atoms with van der Waals surface area (Å²) in [5.74, 6) is 0.595. The highest BCUT2D eigenvalue weighted by atomic mass is 15.3. The van der Waals surface area contributed by atoms with E-state index in [-0.39, 0.29) is 0 Å². The van der Waals surface area contributed by atoms with Crippen LogP contribution in [0.2, 0.25) is 0 Å². The third-order valence-corrected chi connectivity index (χ3v) is 2.58. The molecule has 1 rings (SSSR count). The maximum absolute atomic E-state index is 4.08. The van der Waals surface area contributed by atoms with Gasteiger partial charge < -0.3 is 0 Å². The van der Waals surface area contributed by atoms with E-state index in [4.69, 9.17) is 0 Å². The van der Waals surface area contributed by atoms with E-state index in [1.54, 1.807) is 0 Å². The Hall–Kier alpha value is -0.790. The molecule has 1 atom stereocenters. The molecule has 0 saturated heterocycles. The largest absolute Gasteiger partial charge is 0.286 e. The lowest BCUT2D eigenvalue weighted by Gasteiger charge is -2.18. The standard InChI is InChI=1S/C11H20N2/c1-3-5-6-7-11-9-13-12-8-10(11)4-2/h8-9,11-12H,3-7H2,1-2H3. The molecule has 1 aliphatic heterocycles. The van der Waals surface area contributed by atoms with Crippen molar-refractivity contribution in [1.29, 1.82) is 0 Å².